The highest BCUT2D eigenvalue weighted by atomic mass is 16.6. The van der Waals surface area contributed by atoms with E-state index in [9.17, 15) is 14.9 Å². The Morgan fingerprint density at radius 2 is 2.14 bits per heavy atom. The Labute approximate surface area is 125 Å². The summed E-state index contributed by atoms with van der Waals surface area (Å²) in [5.74, 6) is 0.545. The smallest absolute Gasteiger partial charge is 0.270 e. The van der Waals surface area contributed by atoms with Gasteiger partial charge in [0.25, 0.3) is 5.69 Å². The van der Waals surface area contributed by atoms with Crippen LogP contribution in [0.4, 0.5) is 5.69 Å². The minimum Gasteiger partial charge on any atom is -0.295 e. The average molecular weight is 290 g/mol. The van der Waals surface area contributed by atoms with Gasteiger partial charge >= 0.3 is 0 Å². The molecule has 1 atom stereocenters. The first-order valence-corrected chi connectivity index (χ1v) is 7.27. The molecule has 0 aromatic heterocycles. The third kappa shape index (κ3) is 3.88. The lowest BCUT2D eigenvalue weighted by atomic mass is 9.80. The van der Waals surface area contributed by atoms with Crippen LogP contribution in [-0.4, -0.2) is 35.2 Å². The van der Waals surface area contributed by atoms with Crippen molar-refractivity contribution in [2.45, 2.75) is 27.2 Å². The molecular formula is C16H22N2O3. The first kappa shape index (κ1) is 15.6. The van der Waals surface area contributed by atoms with E-state index in [0.717, 1.165) is 19.5 Å². The summed E-state index contributed by atoms with van der Waals surface area (Å²) in [6.07, 6.45) is 1.10. The molecule has 1 heterocycles. The van der Waals surface area contributed by atoms with Gasteiger partial charge in [-0.05, 0) is 24.3 Å². The summed E-state index contributed by atoms with van der Waals surface area (Å²) in [5.41, 5.74) is 0.641. The number of nitro benzene ring substituents is 1. The van der Waals surface area contributed by atoms with E-state index in [1.54, 1.807) is 12.1 Å². The van der Waals surface area contributed by atoms with Crippen LogP contribution in [0.5, 0.6) is 0 Å². The zero-order valence-corrected chi connectivity index (χ0v) is 12.8. The number of carbonyl (C=O) groups is 1. The number of hydrogen-bond donors (Lipinski definition) is 0. The summed E-state index contributed by atoms with van der Waals surface area (Å²) in [6, 6.07) is 5.97. The maximum Gasteiger partial charge on any atom is 0.270 e. The number of benzene rings is 1. The molecule has 1 saturated heterocycles. The number of non-ortho nitro benzene ring substituents is 1. The molecular weight excluding hydrogens is 268 g/mol. The maximum absolute atomic E-state index is 12.3. The number of likely N-dealkylation sites (tertiary alicyclic amines) is 1. The first-order chi connectivity index (χ1) is 9.77. The molecule has 1 aliphatic heterocycles. The molecule has 1 aromatic rings. The number of ketones is 1. The van der Waals surface area contributed by atoms with Crippen LogP contribution in [-0.2, 0) is 0 Å². The Kier molecular flexibility index (Phi) is 4.42. The lowest BCUT2D eigenvalue weighted by Crippen LogP contribution is -2.30. The van der Waals surface area contributed by atoms with Crippen molar-refractivity contribution in [3.63, 3.8) is 0 Å². The Morgan fingerprint density at radius 3 is 2.71 bits per heavy atom. The van der Waals surface area contributed by atoms with Gasteiger partial charge in [-0.25, -0.2) is 0 Å². The molecule has 1 aromatic carbocycles. The van der Waals surface area contributed by atoms with E-state index in [2.05, 4.69) is 25.7 Å². The second kappa shape index (κ2) is 5.93. The van der Waals surface area contributed by atoms with Gasteiger partial charge in [0.15, 0.2) is 5.78 Å². The molecule has 114 valence electrons. The summed E-state index contributed by atoms with van der Waals surface area (Å²) in [6.45, 7) is 8.86. The summed E-state index contributed by atoms with van der Waals surface area (Å²) < 4.78 is 0. The van der Waals surface area contributed by atoms with Gasteiger partial charge in [-0.1, -0.05) is 32.9 Å². The fraction of sp³-hybridized carbons (Fsp3) is 0.562. The van der Waals surface area contributed by atoms with Crippen molar-refractivity contribution >= 4 is 11.5 Å². The van der Waals surface area contributed by atoms with Crippen molar-refractivity contribution in [3.05, 3.63) is 39.9 Å². The molecule has 0 N–H and O–H groups in total. The molecule has 1 fully saturated rings. The Hall–Kier alpha value is -1.75. The fourth-order valence-corrected chi connectivity index (χ4v) is 2.77. The molecule has 2 rings (SSSR count). The highest BCUT2D eigenvalue weighted by Gasteiger charge is 2.32. The largest absolute Gasteiger partial charge is 0.295 e. The molecule has 0 saturated carbocycles. The predicted octanol–water partition coefficient (Wildman–Crippen LogP) is 3.15. The van der Waals surface area contributed by atoms with Crippen molar-refractivity contribution in [3.8, 4) is 0 Å². The van der Waals surface area contributed by atoms with Crippen LogP contribution in [0.2, 0.25) is 0 Å². The van der Waals surface area contributed by atoms with Gasteiger partial charge in [0.05, 0.1) is 11.5 Å². The number of carbonyl (C=O) groups excluding carboxylic acids is 1. The Bertz CT molecular complexity index is 549. The minimum atomic E-state index is -0.470. The summed E-state index contributed by atoms with van der Waals surface area (Å²) >= 11 is 0. The van der Waals surface area contributed by atoms with E-state index >= 15 is 0 Å². The van der Waals surface area contributed by atoms with Crippen LogP contribution in [0.15, 0.2) is 24.3 Å². The molecule has 0 bridgehead atoms. The standard InChI is InChI=1S/C16H22N2O3/c1-16(2,3)13-7-8-17(10-13)11-15(19)12-5-4-6-14(9-12)18(20)21/h4-6,9,13H,7-8,10-11H2,1-3H3. The lowest BCUT2D eigenvalue weighted by molar-refractivity contribution is -0.384. The molecule has 0 spiro atoms. The summed E-state index contributed by atoms with van der Waals surface area (Å²) in [7, 11) is 0. The second-order valence-corrected chi connectivity index (χ2v) is 6.82. The average Bonchev–Trinajstić information content (AvgIpc) is 2.87. The van der Waals surface area contributed by atoms with Crippen LogP contribution < -0.4 is 0 Å². The van der Waals surface area contributed by atoms with Gasteiger partial charge in [-0.2, -0.15) is 0 Å². The van der Waals surface area contributed by atoms with E-state index in [4.69, 9.17) is 0 Å². The second-order valence-electron chi connectivity index (χ2n) is 6.82. The van der Waals surface area contributed by atoms with Gasteiger partial charge in [0.1, 0.15) is 0 Å². The zero-order valence-electron chi connectivity index (χ0n) is 12.8. The lowest BCUT2D eigenvalue weighted by Gasteiger charge is -2.27. The topological polar surface area (TPSA) is 63.5 Å². The molecule has 1 aliphatic rings. The van der Waals surface area contributed by atoms with Crippen LogP contribution in [0.25, 0.3) is 0 Å². The van der Waals surface area contributed by atoms with E-state index < -0.39 is 4.92 Å². The highest BCUT2D eigenvalue weighted by Crippen LogP contribution is 2.33. The maximum atomic E-state index is 12.3. The Balaban J connectivity index is 2.00. The van der Waals surface area contributed by atoms with Crippen molar-refractivity contribution in [2.75, 3.05) is 19.6 Å². The van der Waals surface area contributed by atoms with Gasteiger partial charge in [-0.3, -0.25) is 19.8 Å². The molecule has 21 heavy (non-hydrogen) atoms. The third-order valence-electron chi connectivity index (χ3n) is 4.24. The van der Waals surface area contributed by atoms with Crippen molar-refractivity contribution in [1.29, 1.82) is 0 Å². The summed E-state index contributed by atoms with van der Waals surface area (Å²) in [4.78, 5) is 24.7. The van der Waals surface area contributed by atoms with Gasteiger partial charge in [0, 0.05) is 24.2 Å². The molecule has 0 aliphatic carbocycles. The van der Waals surface area contributed by atoms with Gasteiger partial charge < -0.3 is 0 Å². The highest BCUT2D eigenvalue weighted by molar-refractivity contribution is 5.98. The van der Waals surface area contributed by atoms with Crippen LogP contribution >= 0.6 is 0 Å². The van der Waals surface area contributed by atoms with Gasteiger partial charge in [-0.15, -0.1) is 0 Å². The van der Waals surface area contributed by atoms with Crippen molar-refractivity contribution in [1.82, 2.24) is 4.90 Å². The van der Waals surface area contributed by atoms with E-state index in [1.165, 1.54) is 12.1 Å². The quantitative estimate of drug-likeness (QED) is 0.485. The first-order valence-electron chi connectivity index (χ1n) is 7.27. The zero-order chi connectivity index (χ0) is 15.6. The van der Waals surface area contributed by atoms with E-state index in [-0.39, 0.29) is 16.9 Å². The number of rotatable bonds is 4. The van der Waals surface area contributed by atoms with Gasteiger partial charge in [0.2, 0.25) is 0 Å². The monoisotopic (exact) mass is 290 g/mol. The molecule has 1 unspecified atom stereocenters. The molecule has 0 radical (unpaired) electrons. The number of nitro groups is 1. The SMILES string of the molecule is CC(C)(C)C1CCN(CC(=O)c2cccc([N+](=O)[O-])c2)C1. The normalized spacial score (nSPS) is 19.7. The number of hydrogen-bond acceptors (Lipinski definition) is 4. The number of nitrogens with zero attached hydrogens (tertiary/aromatic N) is 2. The Morgan fingerprint density at radius 1 is 1.43 bits per heavy atom. The van der Waals surface area contributed by atoms with E-state index in [1.807, 2.05) is 0 Å². The van der Waals surface area contributed by atoms with Crippen LogP contribution in [0.3, 0.4) is 0 Å². The molecule has 5 heteroatoms. The van der Waals surface area contributed by atoms with E-state index in [0.29, 0.717) is 18.0 Å². The summed E-state index contributed by atoms with van der Waals surface area (Å²) in [5, 5.41) is 10.8. The van der Waals surface area contributed by atoms with Crippen LogP contribution in [0.1, 0.15) is 37.6 Å². The predicted molar refractivity (Wildman–Crippen MR) is 81.4 cm³/mol. The molecule has 5 nitrogen and oxygen atoms in total. The fourth-order valence-electron chi connectivity index (χ4n) is 2.77. The van der Waals surface area contributed by atoms with Crippen molar-refractivity contribution in [2.24, 2.45) is 11.3 Å². The minimum absolute atomic E-state index is 0.0326. The third-order valence-corrected chi connectivity index (χ3v) is 4.24. The number of Topliss-reactive ketones (excluding diaryl/α,β-unsaturated/α-hetero) is 1. The van der Waals surface area contributed by atoms with Crippen molar-refractivity contribution < 1.29 is 9.72 Å². The molecule has 0 amide bonds. The van der Waals surface area contributed by atoms with Crippen LogP contribution in [0, 0.1) is 21.4 Å².